The average Bonchev–Trinajstić information content (AvgIpc) is 2.27. The fourth-order valence-electron chi connectivity index (χ4n) is 1.40. The molecule has 0 aliphatic rings. The number of nitrogens with one attached hydrogen (secondary N) is 1. The Morgan fingerprint density at radius 1 is 1.59 bits per heavy atom. The lowest BCUT2D eigenvalue weighted by molar-refractivity contribution is 0.200. The van der Waals surface area contributed by atoms with Gasteiger partial charge in [-0.1, -0.05) is 0 Å². The third-order valence-electron chi connectivity index (χ3n) is 2.26. The second-order valence-corrected chi connectivity index (χ2v) is 4.63. The zero-order valence-electron chi connectivity index (χ0n) is 10.3. The Bertz CT molecular complexity index is 406. The molecule has 5 nitrogen and oxygen atoms in total. The molecule has 1 rings (SSSR count). The van der Waals surface area contributed by atoms with Gasteiger partial charge in [0.2, 0.25) is 0 Å². The Morgan fingerprint density at radius 3 is 2.88 bits per heavy atom. The summed E-state index contributed by atoms with van der Waals surface area (Å²) >= 11 is 5.96. The van der Waals surface area contributed by atoms with Crippen LogP contribution >= 0.6 is 11.6 Å². The van der Waals surface area contributed by atoms with Crippen molar-refractivity contribution in [2.75, 3.05) is 25.6 Å². The van der Waals surface area contributed by atoms with Gasteiger partial charge in [0.25, 0.3) is 5.56 Å². The van der Waals surface area contributed by atoms with Gasteiger partial charge in [-0.05, 0) is 13.8 Å². The van der Waals surface area contributed by atoms with Crippen molar-refractivity contribution < 1.29 is 4.74 Å². The molecular weight excluding hydrogens is 242 g/mol. The largest absolute Gasteiger partial charge is 0.383 e. The summed E-state index contributed by atoms with van der Waals surface area (Å²) in [5.74, 6) is 0.322. The topological polar surface area (TPSA) is 56.1 Å². The van der Waals surface area contributed by atoms with E-state index in [0.717, 1.165) is 0 Å². The minimum atomic E-state index is -0.186. The highest BCUT2D eigenvalue weighted by Gasteiger charge is 2.09. The Morgan fingerprint density at radius 2 is 2.29 bits per heavy atom. The van der Waals surface area contributed by atoms with E-state index in [1.165, 1.54) is 0 Å². The number of aromatic nitrogens is 2. The molecule has 1 N–H and O–H groups in total. The summed E-state index contributed by atoms with van der Waals surface area (Å²) in [7, 11) is 1.59. The minimum Gasteiger partial charge on any atom is -0.383 e. The van der Waals surface area contributed by atoms with E-state index in [2.05, 4.69) is 10.3 Å². The third kappa shape index (κ3) is 4.02. The number of halogens is 1. The van der Waals surface area contributed by atoms with Crippen molar-refractivity contribution in [2.24, 2.45) is 0 Å². The molecule has 0 aromatic carbocycles. The van der Waals surface area contributed by atoms with Gasteiger partial charge >= 0.3 is 0 Å². The van der Waals surface area contributed by atoms with Crippen LogP contribution in [0.5, 0.6) is 0 Å². The second kappa shape index (κ2) is 6.61. The molecule has 1 unspecified atom stereocenters. The standard InChI is InChI=1S/C11H18ClN3O2/c1-8(2)15-5-4-13-10(11(15)16)14-6-9(12)7-17-3/h4-5,8-9H,6-7H2,1-3H3,(H,13,14). The first-order chi connectivity index (χ1) is 8.06. The van der Waals surface area contributed by atoms with Crippen molar-refractivity contribution in [3.8, 4) is 0 Å². The maximum absolute atomic E-state index is 11.9. The van der Waals surface area contributed by atoms with E-state index in [9.17, 15) is 4.79 Å². The normalized spacial score (nSPS) is 12.8. The predicted octanol–water partition coefficient (Wildman–Crippen LogP) is 1.49. The number of nitrogens with zero attached hydrogens (tertiary/aromatic N) is 2. The molecule has 1 aromatic heterocycles. The highest BCUT2D eigenvalue weighted by molar-refractivity contribution is 6.21. The summed E-state index contributed by atoms with van der Waals surface area (Å²) in [5.41, 5.74) is -0.135. The average molecular weight is 260 g/mol. The van der Waals surface area contributed by atoms with Crippen LogP contribution in [0.25, 0.3) is 0 Å². The molecule has 0 aliphatic carbocycles. The van der Waals surface area contributed by atoms with Gasteiger partial charge in [-0.15, -0.1) is 11.6 Å². The highest BCUT2D eigenvalue weighted by Crippen LogP contribution is 2.03. The van der Waals surface area contributed by atoms with Crippen LogP contribution in [0.1, 0.15) is 19.9 Å². The van der Waals surface area contributed by atoms with E-state index in [4.69, 9.17) is 16.3 Å². The van der Waals surface area contributed by atoms with Gasteiger partial charge in [-0.3, -0.25) is 4.79 Å². The van der Waals surface area contributed by atoms with Crippen LogP contribution in [-0.2, 0) is 4.74 Å². The molecule has 0 spiro atoms. The van der Waals surface area contributed by atoms with Crippen molar-refractivity contribution in [3.05, 3.63) is 22.7 Å². The SMILES string of the molecule is COCC(Cl)CNc1nccn(C(C)C)c1=O. The molecule has 17 heavy (non-hydrogen) atoms. The summed E-state index contributed by atoms with van der Waals surface area (Å²) in [5, 5.41) is 2.75. The van der Waals surface area contributed by atoms with Crippen LogP contribution < -0.4 is 10.9 Å². The maximum Gasteiger partial charge on any atom is 0.293 e. The Kier molecular flexibility index (Phi) is 5.44. The molecule has 0 amide bonds. The number of alkyl halides is 1. The first-order valence-corrected chi connectivity index (χ1v) is 5.94. The van der Waals surface area contributed by atoms with Crippen molar-refractivity contribution in [1.82, 2.24) is 9.55 Å². The van der Waals surface area contributed by atoms with Crippen molar-refractivity contribution in [3.63, 3.8) is 0 Å². The van der Waals surface area contributed by atoms with Crippen LogP contribution in [0.4, 0.5) is 5.82 Å². The lowest BCUT2D eigenvalue weighted by Crippen LogP contribution is -2.28. The molecular formula is C11H18ClN3O2. The third-order valence-corrected chi connectivity index (χ3v) is 2.54. The molecule has 1 heterocycles. The monoisotopic (exact) mass is 259 g/mol. The molecule has 1 atom stereocenters. The van der Waals surface area contributed by atoms with Gasteiger partial charge < -0.3 is 14.6 Å². The van der Waals surface area contributed by atoms with Gasteiger partial charge in [-0.25, -0.2) is 4.98 Å². The summed E-state index contributed by atoms with van der Waals surface area (Å²) in [4.78, 5) is 16.0. The number of methoxy groups -OCH3 is 1. The number of rotatable bonds is 6. The number of anilines is 1. The van der Waals surface area contributed by atoms with Crippen LogP contribution in [0.3, 0.4) is 0 Å². The Hall–Kier alpha value is -1.07. The number of ether oxygens (including phenoxy) is 1. The first kappa shape index (κ1) is 14.0. The molecule has 0 fully saturated rings. The lowest BCUT2D eigenvalue weighted by atomic mass is 10.4. The maximum atomic E-state index is 11.9. The van der Waals surface area contributed by atoms with E-state index in [0.29, 0.717) is 19.0 Å². The van der Waals surface area contributed by atoms with Crippen molar-refractivity contribution >= 4 is 17.4 Å². The van der Waals surface area contributed by atoms with E-state index >= 15 is 0 Å². The zero-order chi connectivity index (χ0) is 12.8. The minimum absolute atomic E-state index is 0.108. The van der Waals surface area contributed by atoms with E-state index in [1.54, 1.807) is 24.1 Å². The van der Waals surface area contributed by atoms with Gasteiger partial charge in [0, 0.05) is 32.1 Å². The summed E-state index contributed by atoms with van der Waals surface area (Å²) < 4.78 is 6.53. The summed E-state index contributed by atoms with van der Waals surface area (Å²) in [6, 6.07) is 0.108. The molecule has 0 aliphatic heterocycles. The molecule has 0 saturated carbocycles. The van der Waals surface area contributed by atoms with Crippen LogP contribution in [0.2, 0.25) is 0 Å². The Balaban J connectivity index is 2.72. The second-order valence-electron chi connectivity index (χ2n) is 4.02. The molecule has 6 heteroatoms. The van der Waals surface area contributed by atoms with Crippen LogP contribution in [0.15, 0.2) is 17.2 Å². The van der Waals surface area contributed by atoms with Gasteiger partial charge in [0.1, 0.15) is 0 Å². The smallest absolute Gasteiger partial charge is 0.293 e. The van der Waals surface area contributed by atoms with E-state index in [-0.39, 0.29) is 17.0 Å². The van der Waals surface area contributed by atoms with Gasteiger partial charge in [0.05, 0.1) is 12.0 Å². The van der Waals surface area contributed by atoms with Crippen molar-refractivity contribution in [2.45, 2.75) is 25.3 Å². The summed E-state index contributed by atoms with van der Waals surface area (Å²) in [6.07, 6.45) is 3.27. The fraction of sp³-hybridized carbons (Fsp3) is 0.636. The zero-order valence-corrected chi connectivity index (χ0v) is 11.1. The van der Waals surface area contributed by atoms with E-state index < -0.39 is 0 Å². The first-order valence-electron chi connectivity index (χ1n) is 5.50. The lowest BCUT2D eigenvalue weighted by Gasteiger charge is -2.13. The quantitative estimate of drug-likeness (QED) is 0.787. The molecule has 0 radical (unpaired) electrons. The highest BCUT2D eigenvalue weighted by atomic mass is 35.5. The van der Waals surface area contributed by atoms with Crippen LogP contribution in [-0.4, -0.2) is 35.2 Å². The summed E-state index contributed by atoms with van der Waals surface area (Å²) in [6.45, 7) is 4.76. The predicted molar refractivity (Wildman–Crippen MR) is 68.9 cm³/mol. The van der Waals surface area contributed by atoms with E-state index in [1.807, 2.05) is 13.8 Å². The molecule has 1 aromatic rings. The Labute approximate surface area is 106 Å². The van der Waals surface area contributed by atoms with Crippen LogP contribution in [0, 0.1) is 0 Å². The van der Waals surface area contributed by atoms with Crippen molar-refractivity contribution in [1.29, 1.82) is 0 Å². The molecule has 96 valence electrons. The number of hydrogen-bond acceptors (Lipinski definition) is 4. The molecule has 0 saturated heterocycles. The van der Waals surface area contributed by atoms with Gasteiger partial charge in [-0.2, -0.15) is 0 Å². The van der Waals surface area contributed by atoms with Gasteiger partial charge in [0.15, 0.2) is 5.82 Å². The number of hydrogen-bond donors (Lipinski definition) is 1. The fourth-order valence-corrected chi connectivity index (χ4v) is 1.60. The molecule has 0 bridgehead atoms.